The lowest BCUT2D eigenvalue weighted by atomic mass is 10.1. The van der Waals surface area contributed by atoms with Crippen LogP contribution in [0.5, 0.6) is 0 Å². The molecule has 2 unspecified atom stereocenters. The summed E-state index contributed by atoms with van der Waals surface area (Å²) >= 11 is 0. The molecule has 16 heavy (non-hydrogen) atoms. The third-order valence-corrected chi connectivity index (χ3v) is 3.71. The molecule has 0 aromatic carbocycles. The van der Waals surface area contributed by atoms with Gasteiger partial charge in [-0.2, -0.15) is 5.10 Å². The lowest BCUT2D eigenvalue weighted by molar-refractivity contribution is 0.664. The summed E-state index contributed by atoms with van der Waals surface area (Å²) in [6, 6.07) is 0.185. The summed E-state index contributed by atoms with van der Waals surface area (Å²) in [6.07, 6.45) is 10.3. The Morgan fingerprint density at radius 1 is 1.25 bits per heavy atom. The van der Waals surface area contributed by atoms with Crippen LogP contribution < -0.4 is 5.73 Å². The molecular weight excluding hydrogens is 200 g/mol. The number of allylic oxidation sites excluding steroid dienone is 1. The minimum Gasteiger partial charge on any atom is -0.324 e. The Bertz CT molecular complexity index is 389. The van der Waals surface area contributed by atoms with Crippen LogP contribution in [0.1, 0.15) is 55.6 Å². The second kappa shape index (κ2) is 4.01. The van der Waals surface area contributed by atoms with E-state index in [1.165, 1.54) is 25.7 Å². The Labute approximate surface area is 95.3 Å². The quantitative estimate of drug-likeness (QED) is 0.744. The second-order valence-electron chi connectivity index (χ2n) is 4.95. The van der Waals surface area contributed by atoms with Gasteiger partial charge in [0.2, 0.25) is 0 Å². The highest BCUT2D eigenvalue weighted by Crippen LogP contribution is 2.33. The number of hydrogen-bond acceptors (Lipinski definition) is 3. The van der Waals surface area contributed by atoms with E-state index in [2.05, 4.69) is 27.3 Å². The van der Waals surface area contributed by atoms with Crippen molar-refractivity contribution in [2.45, 2.75) is 50.0 Å². The summed E-state index contributed by atoms with van der Waals surface area (Å²) < 4.78 is 0. The predicted molar refractivity (Wildman–Crippen MR) is 62.1 cm³/mol. The number of nitrogens with one attached hydrogen (secondary N) is 1. The first kappa shape index (κ1) is 10.0. The summed E-state index contributed by atoms with van der Waals surface area (Å²) in [4.78, 5) is 4.64. The highest BCUT2D eigenvalue weighted by atomic mass is 15.2. The van der Waals surface area contributed by atoms with Gasteiger partial charge in [-0.3, -0.25) is 5.10 Å². The molecule has 0 aliphatic heterocycles. The van der Waals surface area contributed by atoms with E-state index in [-0.39, 0.29) is 6.04 Å². The fraction of sp³-hybridized carbons (Fsp3) is 0.667. The van der Waals surface area contributed by atoms with Crippen molar-refractivity contribution in [3.8, 4) is 0 Å². The summed E-state index contributed by atoms with van der Waals surface area (Å²) in [7, 11) is 0. The zero-order valence-corrected chi connectivity index (χ0v) is 9.39. The van der Waals surface area contributed by atoms with Gasteiger partial charge in [0.25, 0.3) is 0 Å². The molecule has 2 atom stereocenters. The maximum Gasteiger partial charge on any atom is 0.153 e. The first-order valence-electron chi connectivity index (χ1n) is 6.19. The number of rotatable bonds is 2. The number of nitrogens with zero attached hydrogens (tertiary/aromatic N) is 2. The minimum absolute atomic E-state index is 0.185. The molecule has 3 N–H and O–H groups in total. The van der Waals surface area contributed by atoms with Crippen molar-refractivity contribution in [3.63, 3.8) is 0 Å². The summed E-state index contributed by atoms with van der Waals surface area (Å²) in [5.41, 5.74) is 5.84. The van der Waals surface area contributed by atoms with Crippen molar-refractivity contribution < 1.29 is 0 Å². The van der Waals surface area contributed by atoms with Gasteiger partial charge < -0.3 is 5.73 Å². The smallest absolute Gasteiger partial charge is 0.153 e. The molecule has 4 heteroatoms. The van der Waals surface area contributed by atoms with Crippen LogP contribution in [0.25, 0.3) is 0 Å². The van der Waals surface area contributed by atoms with Crippen molar-refractivity contribution in [2.24, 2.45) is 5.73 Å². The van der Waals surface area contributed by atoms with Crippen LogP contribution in [0.15, 0.2) is 12.2 Å². The molecule has 0 spiro atoms. The molecule has 0 amide bonds. The van der Waals surface area contributed by atoms with Crippen molar-refractivity contribution in [1.29, 1.82) is 0 Å². The SMILES string of the molecule is NC1C=CC(c2nc(C3CCCC3)n[nH]2)C1. The Morgan fingerprint density at radius 3 is 2.75 bits per heavy atom. The molecule has 1 heterocycles. The zero-order valence-electron chi connectivity index (χ0n) is 9.39. The van der Waals surface area contributed by atoms with Crippen LogP contribution in [0.2, 0.25) is 0 Å². The number of H-pyrrole nitrogens is 1. The fourth-order valence-electron chi connectivity index (χ4n) is 2.75. The molecule has 1 saturated carbocycles. The van der Waals surface area contributed by atoms with Gasteiger partial charge in [-0.1, -0.05) is 25.0 Å². The lowest BCUT2D eigenvalue weighted by Crippen LogP contribution is -2.14. The number of aromatic amines is 1. The number of aromatic nitrogens is 3. The molecule has 0 saturated heterocycles. The molecular formula is C12H18N4. The van der Waals surface area contributed by atoms with E-state index >= 15 is 0 Å². The van der Waals surface area contributed by atoms with Gasteiger partial charge in [-0.05, 0) is 19.3 Å². The third-order valence-electron chi connectivity index (χ3n) is 3.71. The maximum atomic E-state index is 5.84. The number of hydrogen-bond donors (Lipinski definition) is 2. The van der Waals surface area contributed by atoms with E-state index in [9.17, 15) is 0 Å². The second-order valence-corrected chi connectivity index (χ2v) is 4.95. The fourth-order valence-corrected chi connectivity index (χ4v) is 2.75. The van der Waals surface area contributed by atoms with Crippen LogP contribution in [0.4, 0.5) is 0 Å². The van der Waals surface area contributed by atoms with Gasteiger partial charge in [-0.25, -0.2) is 4.98 Å². The van der Waals surface area contributed by atoms with Gasteiger partial charge in [-0.15, -0.1) is 0 Å². The van der Waals surface area contributed by atoms with Crippen LogP contribution in [0, 0.1) is 0 Å². The average molecular weight is 218 g/mol. The third kappa shape index (κ3) is 1.78. The highest BCUT2D eigenvalue weighted by Gasteiger charge is 2.24. The van der Waals surface area contributed by atoms with Crippen LogP contribution in [0.3, 0.4) is 0 Å². The minimum atomic E-state index is 0.185. The lowest BCUT2D eigenvalue weighted by Gasteiger charge is -2.04. The van der Waals surface area contributed by atoms with Gasteiger partial charge in [0, 0.05) is 17.9 Å². The summed E-state index contributed by atoms with van der Waals surface area (Å²) in [5, 5.41) is 7.43. The van der Waals surface area contributed by atoms with Crippen molar-refractivity contribution in [2.75, 3.05) is 0 Å². The molecule has 86 valence electrons. The Kier molecular flexibility index (Phi) is 2.52. The Morgan fingerprint density at radius 2 is 2.06 bits per heavy atom. The standard InChI is InChI=1S/C12H18N4/c13-10-6-5-9(7-10)12-14-11(15-16-12)8-3-1-2-4-8/h5-6,8-10H,1-4,7,13H2,(H,14,15,16). The summed E-state index contributed by atoms with van der Waals surface area (Å²) in [5.74, 6) is 2.94. The molecule has 0 radical (unpaired) electrons. The molecule has 3 rings (SSSR count). The van der Waals surface area contributed by atoms with Gasteiger partial charge >= 0.3 is 0 Å². The van der Waals surface area contributed by atoms with Crippen molar-refractivity contribution in [1.82, 2.24) is 15.2 Å². The van der Waals surface area contributed by atoms with E-state index < -0.39 is 0 Å². The van der Waals surface area contributed by atoms with E-state index in [1.54, 1.807) is 0 Å². The van der Waals surface area contributed by atoms with Gasteiger partial charge in [0.1, 0.15) is 5.82 Å². The maximum absolute atomic E-state index is 5.84. The molecule has 0 bridgehead atoms. The van der Waals surface area contributed by atoms with Crippen molar-refractivity contribution in [3.05, 3.63) is 23.8 Å². The molecule has 4 nitrogen and oxygen atoms in total. The van der Waals surface area contributed by atoms with Crippen molar-refractivity contribution >= 4 is 0 Å². The monoisotopic (exact) mass is 218 g/mol. The van der Waals surface area contributed by atoms with Crippen LogP contribution in [-0.2, 0) is 0 Å². The molecule has 1 aromatic heterocycles. The topological polar surface area (TPSA) is 67.6 Å². The normalized spacial score (nSPS) is 30.3. The Balaban J connectivity index is 1.75. The first-order valence-corrected chi connectivity index (χ1v) is 6.19. The molecule has 1 fully saturated rings. The predicted octanol–water partition coefficient (Wildman–Crippen LogP) is 1.83. The molecule has 2 aliphatic carbocycles. The van der Waals surface area contributed by atoms with Gasteiger partial charge in [0.15, 0.2) is 5.82 Å². The number of nitrogens with two attached hydrogens (primary N) is 1. The molecule has 1 aromatic rings. The van der Waals surface area contributed by atoms with E-state index in [1.807, 2.05) is 0 Å². The van der Waals surface area contributed by atoms with Gasteiger partial charge in [0.05, 0.1) is 0 Å². The summed E-state index contributed by atoms with van der Waals surface area (Å²) in [6.45, 7) is 0. The van der Waals surface area contributed by atoms with E-state index in [0.717, 1.165) is 18.1 Å². The van der Waals surface area contributed by atoms with E-state index in [4.69, 9.17) is 5.73 Å². The zero-order chi connectivity index (χ0) is 11.0. The first-order chi connectivity index (χ1) is 7.83. The average Bonchev–Trinajstić information content (AvgIpc) is 2.97. The van der Waals surface area contributed by atoms with Crippen LogP contribution in [-0.4, -0.2) is 21.2 Å². The van der Waals surface area contributed by atoms with E-state index in [0.29, 0.717) is 11.8 Å². The highest BCUT2D eigenvalue weighted by molar-refractivity contribution is 5.17. The molecule has 2 aliphatic rings. The Hall–Kier alpha value is -1.16. The van der Waals surface area contributed by atoms with Crippen LogP contribution >= 0.6 is 0 Å². The largest absolute Gasteiger partial charge is 0.324 e.